The molecule has 1 N–H and O–H groups in total. The van der Waals surface area contributed by atoms with Gasteiger partial charge in [-0.15, -0.1) is 0 Å². The molecule has 4 rings (SSSR count). The van der Waals surface area contributed by atoms with Crippen molar-refractivity contribution in [3.05, 3.63) is 64.7 Å². The third kappa shape index (κ3) is 6.58. The predicted octanol–water partition coefficient (Wildman–Crippen LogP) is 3.00. The van der Waals surface area contributed by atoms with E-state index in [-0.39, 0.29) is 36.2 Å². The molecule has 2 aromatic carbocycles. The summed E-state index contributed by atoms with van der Waals surface area (Å²) in [6.45, 7) is 3.20. The van der Waals surface area contributed by atoms with Crippen LogP contribution in [0.2, 0.25) is 5.02 Å². The van der Waals surface area contributed by atoms with Crippen LogP contribution < -0.4 is 0 Å². The fourth-order valence-electron chi connectivity index (χ4n) is 4.85. The number of likely N-dealkylation sites (tertiary alicyclic amines) is 1. The Kier molecular flexibility index (Phi) is 9.02. The Labute approximate surface area is 221 Å². The van der Waals surface area contributed by atoms with Crippen LogP contribution in [-0.4, -0.2) is 97.0 Å². The van der Waals surface area contributed by atoms with E-state index in [0.717, 1.165) is 18.2 Å². The molecule has 1 unspecified atom stereocenters. The summed E-state index contributed by atoms with van der Waals surface area (Å²) in [4.78, 5) is 18.7. The lowest BCUT2D eigenvalue weighted by Gasteiger charge is -2.42. The van der Waals surface area contributed by atoms with Gasteiger partial charge in [0.15, 0.2) is 0 Å². The first kappa shape index (κ1) is 27.7. The number of carbonyl (C=O) groups excluding carboxylic acids is 1. The largest absolute Gasteiger partial charge is 0.395 e. The second-order valence-corrected chi connectivity index (χ2v) is 11.6. The fraction of sp³-hybridized carbons (Fsp3) is 0.480. The first-order valence-electron chi connectivity index (χ1n) is 12.3. The summed E-state index contributed by atoms with van der Waals surface area (Å²) < 4.78 is 57.2. The molecule has 0 saturated carbocycles. The van der Waals surface area contributed by atoms with Crippen molar-refractivity contribution in [1.29, 1.82) is 0 Å². The number of urea groups is 1. The number of hydrogen-bond acceptors (Lipinski definition) is 5. The van der Waals surface area contributed by atoms with Crippen molar-refractivity contribution in [2.24, 2.45) is 0 Å². The fourth-order valence-corrected chi connectivity index (χ4v) is 6.60. The Hall–Kier alpha value is -2.31. The number of piperidine rings is 1. The van der Waals surface area contributed by atoms with E-state index < -0.39 is 27.7 Å². The van der Waals surface area contributed by atoms with Crippen LogP contribution in [0.1, 0.15) is 18.4 Å². The third-order valence-electron chi connectivity index (χ3n) is 6.89. The molecular formula is C25H31ClF2N4O4S. The molecule has 12 heteroatoms. The van der Waals surface area contributed by atoms with E-state index in [1.807, 2.05) is 0 Å². The Morgan fingerprint density at radius 1 is 1.03 bits per heavy atom. The first-order chi connectivity index (χ1) is 17.7. The standard InChI is InChI=1S/C25H31ClF2N4O4S/c26-20-3-6-23(7-4-20)37(35,36)32(17-19-16-21(27)5-8-24(19)28)22-2-1-9-31(18-22)25(34)30-12-10-29(11-13-30)14-15-33/h3-8,16,22,33H,1-2,9-15,17-18H2. The van der Waals surface area contributed by atoms with Gasteiger partial charge in [0.25, 0.3) is 0 Å². The zero-order valence-corrected chi connectivity index (χ0v) is 22.0. The number of amides is 2. The van der Waals surface area contributed by atoms with E-state index in [1.165, 1.54) is 28.6 Å². The molecule has 2 amide bonds. The lowest BCUT2D eigenvalue weighted by atomic mass is 10.1. The smallest absolute Gasteiger partial charge is 0.320 e. The van der Waals surface area contributed by atoms with Gasteiger partial charge in [-0.2, -0.15) is 4.31 Å². The number of carbonyl (C=O) groups is 1. The molecule has 37 heavy (non-hydrogen) atoms. The number of nitrogens with zero attached hydrogens (tertiary/aromatic N) is 4. The number of aliphatic hydroxyl groups is 1. The topological polar surface area (TPSA) is 84.4 Å². The average molecular weight is 557 g/mol. The Morgan fingerprint density at radius 3 is 2.41 bits per heavy atom. The molecule has 0 spiro atoms. The Bertz CT molecular complexity index is 1190. The van der Waals surface area contributed by atoms with Crippen molar-refractivity contribution in [2.45, 2.75) is 30.3 Å². The van der Waals surface area contributed by atoms with E-state index in [1.54, 1.807) is 9.80 Å². The Balaban J connectivity index is 1.57. The SMILES string of the molecule is O=C(N1CCN(CCO)CC1)N1CCCC(N(Cc2cc(F)ccc2F)S(=O)(=O)c2ccc(Cl)cc2)C1. The lowest BCUT2D eigenvalue weighted by molar-refractivity contribution is 0.0872. The molecule has 1 atom stereocenters. The molecule has 0 radical (unpaired) electrons. The van der Waals surface area contributed by atoms with Gasteiger partial charge in [-0.1, -0.05) is 11.6 Å². The number of hydrogen-bond donors (Lipinski definition) is 1. The molecule has 8 nitrogen and oxygen atoms in total. The van der Waals surface area contributed by atoms with E-state index in [4.69, 9.17) is 16.7 Å². The maximum atomic E-state index is 14.6. The summed E-state index contributed by atoms with van der Waals surface area (Å²) in [5.41, 5.74) is -0.0824. The average Bonchev–Trinajstić information content (AvgIpc) is 2.89. The minimum absolute atomic E-state index is 0.0165. The Morgan fingerprint density at radius 2 is 1.73 bits per heavy atom. The van der Waals surface area contributed by atoms with Gasteiger partial charge in [0.2, 0.25) is 10.0 Å². The second kappa shape index (κ2) is 12.0. The number of benzene rings is 2. The van der Waals surface area contributed by atoms with Gasteiger partial charge in [-0.3, -0.25) is 4.90 Å². The number of sulfonamides is 1. The maximum absolute atomic E-state index is 14.6. The molecule has 2 aliphatic heterocycles. The molecule has 2 fully saturated rings. The van der Waals surface area contributed by atoms with E-state index in [0.29, 0.717) is 57.1 Å². The molecule has 202 valence electrons. The highest BCUT2D eigenvalue weighted by atomic mass is 35.5. The number of piperazine rings is 1. The van der Waals surface area contributed by atoms with Crippen molar-refractivity contribution >= 4 is 27.7 Å². The third-order valence-corrected chi connectivity index (χ3v) is 9.05. The molecule has 2 saturated heterocycles. The highest BCUT2D eigenvalue weighted by Gasteiger charge is 2.37. The quantitative estimate of drug-likeness (QED) is 0.567. The van der Waals surface area contributed by atoms with Crippen LogP contribution in [0.5, 0.6) is 0 Å². The van der Waals surface area contributed by atoms with E-state index in [9.17, 15) is 22.0 Å². The minimum Gasteiger partial charge on any atom is -0.395 e. The van der Waals surface area contributed by atoms with Gasteiger partial charge in [0.05, 0.1) is 11.5 Å². The zero-order chi connectivity index (χ0) is 26.6. The molecule has 0 bridgehead atoms. The van der Waals surface area contributed by atoms with E-state index in [2.05, 4.69) is 4.90 Å². The van der Waals surface area contributed by atoms with Gasteiger partial charge in [-0.25, -0.2) is 22.0 Å². The highest BCUT2D eigenvalue weighted by molar-refractivity contribution is 7.89. The summed E-state index contributed by atoms with van der Waals surface area (Å²) in [6.07, 6.45) is 1.04. The maximum Gasteiger partial charge on any atom is 0.320 e. The monoisotopic (exact) mass is 556 g/mol. The van der Waals surface area contributed by atoms with Gasteiger partial charge < -0.3 is 14.9 Å². The molecule has 0 aromatic heterocycles. The molecule has 2 heterocycles. The first-order valence-corrected chi connectivity index (χ1v) is 14.1. The van der Waals surface area contributed by atoms with Gasteiger partial charge >= 0.3 is 6.03 Å². The van der Waals surface area contributed by atoms with Crippen LogP contribution in [0, 0.1) is 11.6 Å². The van der Waals surface area contributed by atoms with Gasteiger partial charge in [0.1, 0.15) is 11.6 Å². The van der Waals surface area contributed by atoms with Crippen LogP contribution in [0.15, 0.2) is 47.4 Å². The van der Waals surface area contributed by atoms with Crippen molar-refractivity contribution in [1.82, 2.24) is 19.0 Å². The molecule has 2 aliphatic rings. The summed E-state index contributed by atoms with van der Waals surface area (Å²) in [5, 5.41) is 9.51. The van der Waals surface area contributed by atoms with Gasteiger partial charge in [-0.05, 0) is 55.3 Å². The van der Waals surface area contributed by atoms with Crippen LogP contribution in [-0.2, 0) is 16.6 Å². The summed E-state index contributed by atoms with van der Waals surface area (Å²) in [7, 11) is -4.13. The van der Waals surface area contributed by atoms with Crippen molar-refractivity contribution < 1.29 is 27.1 Å². The minimum atomic E-state index is -4.13. The number of β-amino-alcohol motifs (C(OH)–C–C–N with tert-alkyl or cyclic N) is 1. The van der Waals surface area contributed by atoms with Crippen molar-refractivity contribution in [3.63, 3.8) is 0 Å². The van der Waals surface area contributed by atoms with E-state index >= 15 is 0 Å². The van der Waals surface area contributed by atoms with Crippen molar-refractivity contribution in [3.8, 4) is 0 Å². The van der Waals surface area contributed by atoms with Gasteiger partial charge in [0, 0.05) is 69.0 Å². The summed E-state index contributed by atoms with van der Waals surface area (Å²) >= 11 is 5.95. The molecule has 2 aromatic rings. The van der Waals surface area contributed by atoms with Crippen LogP contribution >= 0.6 is 11.6 Å². The number of halogens is 3. The van der Waals surface area contributed by atoms with Crippen LogP contribution in [0.4, 0.5) is 13.6 Å². The lowest BCUT2D eigenvalue weighted by Crippen LogP contribution is -2.57. The van der Waals surface area contributed by atoms with Crippen LogP contribution in [0.3, 0.4) is 0 Å². The highest BCUT2D eigenvalue weighted by Crippen LogP contribution is 2.28. The summed E-state index contributed by atoms with van der Waals surface area (Å²) in [5.74, 6) is -1.37. The molecule has 0 aliphatic carbocycles. The van der Waals surface area contributed by atoms with Crippen molar-refractivity contribution in [2.75, 3.05) is 52.4 Å². The normalized spacial score (nSPS) is 19.4. The summed E-state index contributed by atoms with van der Waals surface area (Å²) in [6, 6.07) is 7.84. The second-order valence-electron chi connectivity index (χ2n) is 9.32. The zero-order valence-electron chi connectivity index (χ0n) is 20.4. The number of aliphatic hydroxyl groups excluding tert-OH is 1. The predicted molar refractivity (Wildman–Crippen MR) is 136 cm³/mol. The molecular weight excluding hydrogens is 526 g/mol. The number of rotatable bonds is 7. The van der Waals surface area contributed by atoms with Crippen LogP contribution in [0.25, 0.3) is 0 Å².